The van der Waals surface area contributed by atoms with Crippen molar-refractivity contribution in [2.75, 3.05) is 6.61 Å². The first-order chi connectivity index (χ1) is 14.0. The average Bonchev–Trinajstić information content (AvgIpc) is 3.20. The lowest BCUT2D eigenvalue weighted by molar-refractivity contribution is 0.0526. The summed E-state index contributed by atoms with van der Waals surface area (Å²) in [5.74, 6) is -0.268. The van der Waals surface area contributed by atoms with Crippen molar-refractivity contribution in [2.45, 2.75) is 16.7 Å². The highest BCUT2D eigenvalue weighted by molar-refractivity contribution is 7.99. The van der Waals surface area contributed by atoms with Gasteiger partial charge in [-0.3, -0.25) is 9.78 Å². The highest BCUT2D eigenvalue weighted by Gasteiger charge is 2.13. The Balaban J connectivity index is 1.69. The lowest BCUT2D eigenvalue weighted by Crippen LogP contribution is -2.14. The molecule has 146 valence electrons. The van der Waals surface area contributed by atoms with E-state index in [4.69, 9.17) is 16.3 Å². The summed E-state index contributed by atoms with van der Waals surface area (Å²) in [6.07, 6.45) is 2.84. The van der Waals surface area contributed by atoms with Crippen molar-refractivity contribution in [3.63, 3.8) is 0 Å². The van der Waals surface area contributed by atoms with Crippen LogP contribution >= 0.6 is 23.4 Å². The Morgan fingerprint density at radius 1 is 1.21 bits per heavy atom. The summed E-state index contributed by atoms with van der Waals surface area (Å²) in [5, 5.41) is 5.24. The molecule has 0 aliphatic carbocycles. The molecule has 29 heavy (non-hydrogen) atoms. The molecular weight excluding hydrogens is 412 g/mol. The van der Waals surface area contributed by atoms with Crippen LogP contribution < -0.4 is 5.56 Å². The van der Waals surface area contributed by atoms with Crippen molar-refractivity contribution in [1.82, 2.24) is 19.7 Å². The van der Waals surface area contributed by atoms with Gasteiger partial charge in [-0.2, -0.15) is 5.10 Å². The molecule has 1 N–H and O–H groups in total. The van der Waals surface area contributed by atoms with E-state index in [9.17, 15) is 9.59 Å². The van der Waals surface area contributed by atoms with E-state index >= 15 is 0 Å². The van der Waals surface area contributed by atoms with Crippen LogP contribution in [-0.2, 0) is 4.74 Å². The van der Waals surface area contributed by atoms with E-state index in [1.807, 2.05) is 36.4 Å². The zero-order valence-corrected chi connectivity index (χ0v) is 16.8. The Labute approximate surface area is 174 Å². The molecule has 4 rings (SSSR count). The Morgan fingerprint density at radius 2 is 1.97 bits per heavy atom. The van der Waals surface area contributed by atoms with Gasteiger partial charge in [0.05, 0.1) is 29.3 Å². The summed E-state index contributed by atoms with van der Waals surface area (Å²) < 4.78 is 6.29. The first-order valence-electron chi connectivity index (χ1n) is 8.73. The number of fused-ring (bicyclic) bond motifs is 1. The van der Waals surface area contributed by atoms with Gasteiger partial charge in [-0.15, -0.1) is 0 Å². The number of hydrogen-bond donors (Lipinski definition) is 1. The Morgan fingerprint density at radius 3 is 2.72 bits per heavy atom. The zero-order chi connectivity index (χ0) is 20.4. The second-order valence-electron chi connectivity index (χ2n) is 6.02. The molecule has 0 bridgehead atoms. The van der Waals surface area contributed by atoms with E-state index in [-0.39, 0.29) is 23.7 Å². The van der Waals surface area contributed by atoms with E-state index in [1.165, 1.54) is 28.8 Å². The number of carbonyl (C=O) groups is 1. The second-order valence-corrected chi connectivity index (χ2v) is 7.60. The summed E-state index contributed by atoms with van der Waals surface area (Å²) in [6.45, 7) is 1.99. The molecule has 0 fully saturated rings. The van der Waals surface area contributed by atoms with Crippen LogP contribution in [0, 0.1) is 0 Å². The number of carbonyl (C=O) groups excluding carboxylic acids is 1. The molecule has 4 aromatic rings. The van der Waals surface area contributed by atoms with Gasteiger partial charge < -0.3 is 4.74 Å². The summed E-state index contributed by atoms with van der Waals surface area (Å²) in [6, 6.07) is 12.9. The monoisotopic (exact) mass is 426 g/mol. The van der Waals surface area contributed by atoms with Crippen LogP contribution in [0.25, 0.3) is 16.9 Å². The van der Waals surface area contributed by atoms with Gasteiger partial charge in [0.15, 0.2) is 0 Å². The minimum Gasteiger partial charge on any atom is -0.462 e. The van der Waals surface area contributed by atoms with Crippen LogP contribution in [0.2, 0.25) is 5.02 Å². The lowest BCUT2D eigenvalue weighted by atomic mass is 10.2. The highest BCUT2D eigenvalue weighted by atomic mass is 35.5. The van der Waals surface area contributed by atoms with Gasteiger partial charge in [0.25, 0.3) is 5.56 Å². The minimum absolute atomic E-state index is 0.215. The van der Waals surface area contributed by atoms with Crippen LogP contribution in [0.3, 0.4) is 0 Å². The average molecular weight is 427 g/mol. The number of benzene rings is 2. The van der Waals surface area contributed by atoms with Crippen LogP contribution in [0.4, 0.5) is 0 Å². The molecule has 0 atom stereocenters. The van der Waals surface area contributed by atoms with Crippen LogP contribution in [-0.4, -0.2) is 32.3 Å². The van der Waals surface area contributed by atoms with Gasteiger partial charge in [0.1, 0.15) is 0 Å². The van der Waals surface area contributed by atoms with Gasteiger partial charge in [-0.05, 0) is 49.4 Å². The maximum Gasteiger partial charge on any atom is 0.341 e. The molecule has 0 amide bonds. The second kappa shape index (κ2) is 8.10. The first kappa shape index (κ1) is 19.2. The zero-order valence-electron chi connectivity index (χ0n) is 15.3. The minimum atomic E-state index is -0.483. The van der Waals surface area contributed by atoms with Gasteiger partial charge in [0, 0.05) is 21.0 Å². The molecule has 2 heterocycles. The summed E-state index contributed by atoms with van der Waals surface area (Å²) in [7, 11) is 0. The number of nitrogens with zero attached hydrogens (tertiary/aromatic N) is 3. The number of hydrogen-bond acceptors (Lipinski definition) is 6. The van der Waals surface area contributed by atoms with E-state index in [0.717, 1.165) is 9.79 Å². The molecule has 0 spiro atoms. The fraction of sp³-hybridized carbons (Fsp3) is 0.100. The first-order valence-corrected chi connectivity index (χ1v) is 9.92. The predicted molar refractivity (Wildman–Crippen MR) is 111 cm³/mol. The van der Waals surface area contributed by atoms with Crippen molar-refractivity contribution in [1.29, 1.82) is 0 Å². The standard InChI is InChI=1S/C20H15ClN4O3S/c1-2-28-19(27)12-10-22-25(11-12)20-23-17-9-15(7-8-16(17)18(26)24-20)29-14-5-3-13(21)4-6-14/h3-11H,2H2,1H3,(H,23,24,26). The molecule has 9 heteroatoms. The van der Waals surface area contributed by atoms with E-state index in [2.05, 4.69) is 15.1 Å². The number of ether oxygens (including phenoxy) is 1. The van der Waals surface area contributed by atoms with Crippen molar-refractivity contribution in [3.05, 3.63) is 75.8 Å². The largest absolute Gasteiger partial charge is 0.462 e. The SMILES string of the molecule is CCOC(=O)c1cnn(-c2nc3cc(Sc4ccc(Cl)cc4)ccc3c(=O)[nH]2)c1. The maximum atomic E-state index is 12.5. The summed E-state index contributed by atoms with van der Waals surface area (Å²) in [5.41, 5.74) is 0.513. The van der Waals surface area contributed by atoms with Crippen molar-refractivity contribution in [3.8, 4) is 5.95 Å². The van der Waals surface area contributed by atoms with Gasteiger partial charge in [-0.25, -0.2) is 14.5 Å². The Hall–Kier alpha value is -3.10. The number of rotatable bonds is 5. The molecular formula is C20H15ClN4O3S. The molecule has 2 aromatic carbocycles. The van der Waals surface area contributed by atoms with E-state index < -0.39 is 5.97 Å². The van der Waals surface area contributed by atoms with Crippen molar-refractivity contribution < 1.29 is 9.53 Å². The summed E-state index contributed by atoms with van der Waals surface area (Å²) in [4.78, 5) is 33.4. The molecule has 0 saturated heterocycles. The summed E-state index contributed by atoms with van der Waals surface area (Å²) >= 11 is 7.47. The number of esters is 1. The fourth-order valence-electron chi connectivity index (χ4n) is 2.68. The molecule has 0 saturated carbocycles. The number of aromatic nitrogens is 4. The van der Waals surface area contributed by atoms with Gasteiger partial charge in [-0.1, -0.05) is 23.4 Å². The normalized spacial score (nSPS) is 11.0. The Kier molecular flexibility index (Phi) is 5.37. The fourth-order valence-corrected chi connectivity index (χ4v) is 3.65. The molecule has 2 aromatic heterocycles. The van der Waals surface area contributed by atoms with Gasteiger partial charge >= 0.3 is 5.97 Å². The molecule has 0 aliphatic heterocycles. The number of nitrogens with one attached hydrogen (secondary N) is 1. The van der Waals surface area contributed by atoms with Gasteiger partial charge in [0.2, 0.25) is 5.95 Å². The predicted octanol–water partition coefficient (Wildman–Crippen LogP) is 4.09. The highest BCUT2D eigenvalue weighted by Crippen LogP contribution is 2.30. The number of H-pyrrole nitrogens is 1. The smallest absolute Gasteiger partial charge is 0.341 e. The number of halogens is 1. The Bertz CT molecular complexity index is 1250. The molecule has 0 unspecified atom stereocenters. The third-order valence-electron chi connectivity index (χ3n) is 4.03. The van der Waals surface area contributed by atoms with E-state index in [0.29, 0.717) is 15.9 Å². The number of aromatic amines is 1. The molecule has 0 aliphatic rings. The van der Waals surface area contributed by atoms with Crippen LogP contribution in [0.1, 0.15) is 17.3 Å². The lowest BCUT2D eigenvalue weighted by Gasteiger charge is -2.06. The third-order valence-corrected chi connectivity index (χ3v) is 5.28. The van der Waals surface area contributed by atoms with Crippen molar-refractivity contribution >= 4 is 40.2 Å². The van der Waals surface area contributed by atoms with E-state index in [1.54, 1.807) is 13.0 Å². The maximum absolute atomic E-state index is 12.5. The molecule has 7 nitrogen and oxygen atoms in total. The van der Waals surface area contributed by atoms with Crippen molar-refractivity contribution in [2.24, 2.45) is 0 Å². The van der Waals surface area contributed by atoms with Crippen LogP contribution in [0.5, 0.6) is 0 Å². The third kappa shape index (κ3) is 4.18. The topological polar surface area (TPSA) is 89.9 Å². The van der Waals surface area contributed by atoms with Crippen LogP contribution in [0.15, 0.2) is 69.4 Å². The molecule has 0 radical (unpaired) electrons. The quantitative estimate of drug-likeness (QED) is 0.483.